The number of morpholine rings is 1. The van der Waals surface area contributed by atoms with E-state index in [1.807, 2.05) is 11.4 Å². The van der Waals surface area contributed by atoms with Gasteiger partial charge in [-0.2, -0.15) is 0 Å². The molecule has 0 spiro atoms. The molecule has 8 nitrogen and oxygen atoms in total. The summed E-state index contributed by atoms with van der Waals surface area (Å²) in [5.41, 5.74) is 4.17. The van der Waals surface area contributed by atoms with Gasteiger partial charge in [0.2, 0.25) is 0 Å². The van der Waals surface area contributed by atoms with E-state index in [0.717, 1.165) is 37.4 Å². The number of carbonyl (C=O) groups is 1. The normalized spacial score (nSPS) is 14.2. The van der Waals surface area contributed by atoms with Crippen molar-refractivity contribution in [1.82, 2.24) is 19.6 Å². The summed E-state index contributed by atoms with van der Waals surface area (Å²) in [7, 11) is 0. The number of thiazole rings is 1. The molecule has 0 bridgehead atoms. The van der Waals surface area contributed by atoms with Gasteiger partial charge in [0, 0.05) is 42.1 Å². The lowest BCUT2D eigenvalue weighted by Gasteiger charge is -2.29. The van der Waals surface area contributed by atoms with Crippen LogP contribution >= 0.6 is 11.3 Å². The summed E-state index contributed by atoms with van der Waals surface area (Å²) in [6, 6.07) is 9.82. The van der Waals surface area contributed by atoms with Gasteiger partial charge in [-0.15, -0.1) is 16.4 Å². The molecule has 1 aliphatic rings. The molecule has 30 heavy (non-hydrogen) atoms. The Morgan fingerprint density at radius 1 is 1.23 bits per heavy atom. The van der Waals surface area contributed by atoms with Gasteiger partial charge in [-0.1, -0.05) is 0 Å². The number of hydrogen-bond donors (Lipinski definition) is 1. The van der Waals surface area contributed by atoms with E-state index >= 15 is 0 Å². The van der Waals surface area contributed by atoms with Crippen molar-refractivity contribution in [3.63, 3.8) is 0 Å². The Morgan fingerprint density at radius 3 is 2.87 bits per heavy atom. The fourth-order valence-electron chi connectivity index (χ4n) is 3.56. The number of pyridine rings is 1. The molecule has 4 aromatic rings. The molecule has 1 aromatic carbocycles. The largest absolute Gasteiger partial charge is 0.378 e. The van der Waals surface area contributed by atoms with Gasteiger partial charge in [-0.25, -0.2) is 14.5 Å². The molecule has 9 heteroatoms. The zero-order chi connectivity index (χ0) is 20.5. The van der Waals surface area contributed by atoms with Gasteiger partial charge in [0.25, 0.3) is 5.91 Å². The van der Waals surface area contributed by atoms with Crippen LogP contribution in [0.5, 0.6) is 0 Å². The van der Waals surface area contributed by atoms with Crippen LogP contribution in [-0.2, 0) is 4.74 Å². The summed E-state index contributed by atoms with van der Waals surface area (Å²) in [5.74, 6) is 0.337. The van der Waals surface area contributed by atoms with Crippen LogP contribution in [0.3, 0.4) is 0 Å². The Balaban J connectivity index is 1.47. The molecule has 0 radical (unpaired) electrons. The second kappa shape index (κ2) is 7.85. The Bertz CT molecular complexity index is 1200. The summed E-state index contributed by atoms with van der Waals surface area (Å²) in [6.45, 7) is 5.34. The van der Waals surface area contributed by atoms with Crippen molar-refractivity contribution in [2.45, 2.75) is 6.92 Å². The highest BCUT2D eigenvalue weighted by atomic mass is 32.1. The first-order valence-corrected chi connectivity index (χ1v) is 10.6. The minimum Gasteiger partial charge on any atom is -0.378 e. The number of rotatable bonds is 4. The average Bonchev–Trinajstić information content (AvgIpc) is 3.43. The monoisotopic (exact) mass is 420 g/mol. The third-order valence-electron chi connectivity index (χ3n) is 5.09. The topological polar surface area (TPSA) is 84.6 Å². The Hall–Kier alpha value is -3.30. The van der Waals surface area contributed by atoms with Gasteiger partial charge in [0.15, 0.2) is 16.6 Å². The highest BCUT2D eigenvalue weighted by Crippen LogP contribution is 2.27. The van der Waals surface area contributed by atoms with Crippen molar-refractivity contribution in [3.8, 4) is 11.4 Å². The first kappa shape index (κ1) is 18.7. The standard InChI is InChI=1S/C21H20N6O2S/c1-14-13-15(26-8-10-29-11-9-26)4-5-16(14)18-23-19-17(3-2-7-27(19)25-18)20(28)24-21-22-6-12-30-21/h2-7,12-13H,8-11H2,1H3,(H,22,24,28). The van der Waals surface area contributed by atoms with Crippen LogP contribution in [0, 0.1) is 6.92 Å². The molecule has 1 N–H and O–H groups in total. The van der Waals surface area contributed by atoms with E-state index < -0.39 is 0 Å². The second-order valence-corrected chi connectivity index (χ2v) is 7.91. The molecule has 1 fully saturated rings. The minimum atomic E-state index is -0.256. The van der Waals surface area contributed by atoms with Crippen molar-refractivity contribution in [3.05, 3.63) is 59.2 Å². The van der Waals surface area contributed by atoms with Crippen LogP contribution in [0.1, 0.15) is 15.9 Å². The van der Waals surface area contributed by atoms with Crippen molar-refractivity contribution in [2.24, 2.45) is 0 Å². The van der Waals surface area contributed by atoms with E-state index in [1.165, 1.54) is 17.0 Å². The smallest absolute Gasteiger partial charge is 0.261 e. The molecule has 0 saturated carbocycles. The van der Waals surface area contributed by atoms with E-state index in [0.29, 0.717) is 22.2 Å². The zero-order valence-corrected chi connectivity index (χ0v) is 17.2. The highest BCUT2D eigenvalue weighted by Gasteiger charge is 2.18. The third kappa shape index (κ3) is 3.53. The fourth-order valence-corrected chi connectivity index (χ4v) is 4.09. The maximum Gasteiger partial charge on any atom is 0.261 e. The average molecular weight is 420 g/mol. The molecule has 3 aromatic heterocycles. The predicted octanol–water partition coefficient (Wildman–Crippen LogP) is 3.25. The number of carbonyl (C=O) groups excluding carboxylic acids is 1. The van der Waals surface area contributed by atoms with Gasteiger partial charge in [0.1, 0.15) is 0 Å². The minimum absolute atomic E-state index is 0.256. The van der Waals surface area contributed by atoms with Crippen LogP contribution in [0.15, 0.2) is 48.1 Å². The number of aryl methyl sites for hydroxylation is 1. The van der Waals surface area contributed by atoms with Crippen molar-refractivity contribution < 1.29 is 9.53 Å². The Labute approximate surface area is 177 Å². The molecular weight excluding hydrogens is 400 g/mol. The zero-order valence-electron chi connectivity index (χ0n) is 16.4. The number of ether oxygens (including phenoxy) is 1. The van der Waals surface area contributed by atoms with Crippen LogP contribution in [0.25, 0.3) is 17.0 Å². The van der Waals surface area contributed by atoms with Gasteiger partial charge in [0.05, 0.1) is 18.8 Å². The first-order chi connectivity index (χ1) is 14.7. The van der Waals surface area contributed by atoms with E-state index in [2.05, 4.69) is 44.3 Å². The van der Waals surface area contributed by atoms with Gasteiger partial charge < -0.3 is 9.64 Å². The lowest BCUT2D eigenvalue weighted by molar-refractivity contribution is 0.102. The molecule has 152 valence electrons. The molecule has 5 rings (SSSR count). The summed E-state index contributed by atoms with van der Waals surface area (Å²) >= 11 is 1.37. The van der Waals surface area contributed by atoms with E-state index in [1.54, 1.807) is 29.0 Å². The Kier molecular flexibility index (Phi) is 4.89. The van der Waals surface area contributed by atoms with E-state index in [-0.39, 0.29) is 5.91 Å². The molecule has 1 aliphatic heterocycles. The summed E-state index contributed by atoms with van der Waals surface area (Å²) in [4.78, 5) is 23.8. The van der Waals surface area contributed by atoms with Gasteiger partial charge in [-0.05, 0) is 42.8 Å². The van der Waals surface area contributed by atoms with E-state index in [4.69, 9.17) is 4.74 Å². The predicted molar refractivity (Wildman–Crippen MR) is 116 cm³/mol. The fraction of sp³-hybridized carbons (Fsp3) is 0.238. The number of fused-ring (bicyclic) bond motifs is 1. The molecular formula is C21H20N6O2S. The van der Waals surface area contributed by atoms with Crippen LogP contribution in [-0.4, -0.2) is 51.8 Å². The SMILES string of the molecule is Cc1cc(N2CCOCC2)ccc1-c1nc2c(C(=O)Nc3nccs3)cccn2n1. The molecule has 1 amide bonds. The van der Waals surface area contributed by atoms with Gasteiger partial charge >= 0.3 is 0 Å². The van der Waals surface area contributed by atoms with Crippen molar-refractivity contribution in [2.75, 3.05) is 36.5 Å². The number of benzene rings is 1. The molecule has 4 heterocycles. The van der Waals surface area contributed by atoms with Crippen LogP contribution < -0.4 is 10.2 Å². The van der Waals surface area contributed by atoms with Crippen LogP contribution in [0.4, 0.5) is 10.8 Å². The summed E-state index contributed by atoms with van der Waals surface area (Å²) in [6.07, 6.45) is 3.45. The maximum atomic E-state index is 12.7. The maximum absolute atomic E-state index is 12.7. The third-order valence-corrected chi connectivity index (χ3v) is 5.78. The van der Waals surface area contributed by atoms with Gasteiger partial charge in [-0.3, -0.25) is 10.1 Å². The molecule has 0 atom stereocenters. The van der Waals surface area contributed by atoms with Crippen molar-refractivity contribution >= 4 is 33.7 Å². The Morgan fingerprint density at radius 2 is 2.10 bits per heavy atom. The quantitative estimate of drug-likeness (QED) is 0.546. The highest BCUT2D eigenvalue weighted by molar-refractivity contribution is 7.13. The molecule has 1 saturated heterocycles. The first-order valence-electron chi connectivity index (χ1n) is 9.69. The summed E-state index contributed by atoms with van der Waals surface area (Å²) < 4.78 is 7.08. The lowest BCUT2D eigenvalue weighted by Crippen LogP contribution is -2.36. The lowest BCUT2D eigenvalue weighted by atomic mass is 10.1. The summed E-state index contributed by atoms with van der Waals surface area (Å²) in [5, 5.41) is 9.78. The van der Waals surface area contributed by atoms with Crippen molar-refractivity contribution in [1.29, 1.82) is 0 Å². The molecule has 0 aliphatic carbocycles. The number of nitrogens with one attached hydrogen (secondary N) is 1. The molecule has 0 unspecified atom stereocenters. The number of amides is 1. The van der Waals surface area contributed by atoms with Crippen LogP contribution in [0.2, 0.25) is 0 Å². The second-order valence-electron chi connectivity index (χ2n) is 7.02. The number of anilines is 2. The number of hydrogen-bond acceptors (Lipinski definition) is 7. The van der Waals surface area contributed by atoms with E-state index in [9.17, 15) is 4.79 Å². The number of aromatic nitrogens is 4. The number of nitrogens with zero attached hydrogens (tertiary/aromatic N) is 5.